The number of carbonyl (C=O) groups excluding carboxylic acids is 1. The second kappa shape index (κ2) is 6.13. The smallest absolute Gasteiger partial charge is 0.237 e. The molecule has 5 heteroatoms. The third kappa shape index (κ3) is 2.75. The normalized spacial score (nSPS) is 17.2. The van der Waals surface area contributed by atoms with Gasteiger partial charge >= 0.3 is 0 Å². The Morgan fingerprint density at radius 3 is 2.50 bits per heavy atom. The van der Waals surface area contributed by atoms with E-state index in [2.05, 4.69) is 10.3 Å². The molecule has 1 aromatic heterocycles. The molecule has 1 heterocycles. The molecule has 1 aliphatic carbocycles. The molecule has 1 aliphatic rings. The quantitative estimate of drug-likeness (QED) is 0.932. The summed E-state index contributed by atoms with van der Waals surface area (Å²) in [5.74, 6) is 0.618. The molecule has 0 aliphatic heterocycles. The molecule has 0 spiro atoms. The predicted molar refractivity (Wildman–Crippen MR) is 88.1 cm³/mol. The second-order valence-corrected chi connectivity index (χ2v) is 6.40. The van der Waals surface area contributed by atoms with Crippen molar-refractivity contribution in [2.75, 3.05) is 5.32 Å². The number of nitrogens with one attached hydrogen (secondary N) is 1. The fourth-order valence-electron chi connectivity index (χ4n) is 3.28. The van der Waals surface area contributed by atoms with E-state index in [4.69, 9.17) is 11.6 Å². The monoisotopic (exact) mass is 317 g/mol. The number of halogens is 1. The highest BCUT2D eigenvalue weighted by atomic mass is 35.5. The van der Waals surface area contributed by atoms with Crippen molar-refractivity contribution >= 4 is 23.5 Å². The number of carbonyl (C=O) groups is 1. The van der Waals surface area contributed by atoms with E-state index in [1.807, 2.05) is 42.1 Å². The zero-order valence-electron chi connectivity index (χ0n) is 12.7. The van der Waals surface area contributed by atoms with Gasteiger partial charge in [-0.3, -0.25) is 10.1 Å². The number of imidazole rings is 1. The summed E-state index contributed by atoms with van der Waals surface area (Å²) in [5.41, 5.74) is 0.567. The highest BCUT2D eigenvalue weighted by Gasteiger charge is 2.41. The van der Waals surface area contributed by atoms with Gasteiger partial charge in [-0.05, 0) is 30.5 Å². The molecular weight excluding hydrogens is 298 g/mol. The van der Waals surface area contributed by atoms with Crippen LogP contribution in [0.5, 0.6) is 0 Å². The van der Waals surface area contributed by atoms with E-state index in [-0.39, 0.29) is 5.91 Å². The Hall–Kier alpha value is -1.81. The minimum absolute atomic E-state index is 0.0313. The van der Waals surface area contributed by atoms with Gasteiger partial charge in [-0.2, -0.15) is 0 Å². The average Bonchev–Trinajstić information content (AvgIpc) is 2.94. The lowest BCUT2D eigenvalue weighted by atomic mass is 9.69. The van der Waals surface area contributed by atoms with Gasteiger partial charge in [0.05, 0.1) is 5.41 Å². The van der Waals surface area contributed by atoms with Crippen molar-refractivity contribution in [2.45, 2.75) is 37.5 Å². The van der Waals surface area contributed by atoms with Crippen molar-refractivity contribution < 1.29 is 4.79 Å². The molecule has 0 unspecified atom stereocenters. The van der Waals surface area contributed by atoms with E-state index in [1.165, 1.54) is 6.42 Å². The van der Waals surface area contributed by atoms with Gasteiger partial charge in [-0.1, -0.05) is 43.0 Å². The number of hydrogen-bond donors (Lipinski definition) is 1. The molecule has 0 radical (unpaired) electrons. The Kier molecular flexibility index (Phi) is 4.21. The van der Waals surface area contributed by atoms with Crippen LogP contribution in [-0.4, -0.2) is 15.5 Å². The maximum absolute atomic E-state index is 13.0. The lowest BCUT2D eigenvalue weighted by Crippen LogP contribution is -2.42. The van der Waals surface area contributed by atoms with E-state index in [0.29, 0.717) is 11.0 Å². The van der Waals surface area contributed by atoms with Crippen molar-refractivity contribution in [2.24, 2.45) is 7.05 Å². The van der Waals surface area contributed by atoms with E-state index < -0.39 is 5.41 Å². The van der Waals surface area contributed by atoms with Gasteiger partial charge < -0.3 is 4.57 Å². The minimum atomic E-state index is -0.477. The van der Waals surface area contributed by atoms with Crippen molar-refractivity contribution in [3.63, 3.8) is 0 Å². The van der Waals surface area contributed by atoms with Gasteiger partial charge in [0.25, 0.3) is 0 Å². The summed E-state index contributed by atoms with van der Waals surface area (Å²) in [7, 11) is 1.87. The van der Waals surface area contributed by atoms with Crippen LogP contribution in [0.1, 0.15) is 37.7 Å². The molecule has 4 nitrogen and oxygen atoms in total. The third-order valence-electron chi connectivity index (χ3n) is 4.59. The molecule has 1 fully saturated rings. The first-order valence-corrected chi connectivity index (χ1v) is 8.04. The summed E-state index contributed by atoms with van der Waals surface area (Å²) < 4.78 is 1.82. The Morgan fingerprint density at radius 2 is 1.91 bits per heavy atom. The van der Waals surface area contributed by atoms with Crippen LogP contribution in [0, 0.1) is 0 Å². The van der Waals surface area contributed by atoms with Crippen LogP contribution in [0.2, 0.25) is 5.02 Å². The van der Waals surface area contributed by atoms with Crippen LogP contribution in [0.3, 0.4) is 0 Å². The molecule has 2 aromatic rings. The number of nitrogens with zero attached hydrogens (tertiary/aromatic N) is 2. The molecule has 0 bridgehead atoms. The summed E-state index contributed by atoms with van der Waals surface area (Å²) in [6, 6.07) is 7.68. The fraction of sp³-hybridized carbons (Fsp3) is 0.412. The average molecular weight is 318 g/mol. The molecule has 0 saturated heterocycles. The van der Waals surface area contributed by atoms with Crippen molar-refractivity contribution in [3.8, 4) is 0 Å². The van der Waals surface area contributed by atoms with Crippen LogP contribution in [0.4, 0.5) is 5.95 Å². The topological polar surface area (TPSA) is 46.9 Å². The van der Waals surface area contributed by atoms with Gasteiger partial charge in [0, 0.05) is 24.5 Å². The van der Waals surface area contributed by atoms with E-state index in [1.54, 1.807) is 6.20 Å². The summed E-state index contributed by atoms with van der Waals surface area (Å²) in [5, 5.41) is 3.69. The van der Waals surface area contributed by atoms with Gasteiger partial charge in [-0.25, -0.2) is 4.98 Å². The number of hydrogen-bond acceptors (Lipinski definition) is 2. The van der Waals surface area contributed by atoms with Crippen LogP contribution in [0.15, 0.2) is 36.7 Å². The first-order chi connectivity index (χ1) is 10.6. The standard InChI is InChI=1S/C17H20ClN3O/c1-21-12-11-19-16(21)20-15(22)17(9-3-2-4-10-17)13-5-7-14(18)8-6-13/h5-8,11-12H,2-4,9-10H2,1H3,(H,19,20,22). The van der Waals surface area contributed by atoms with Gasteiger partial charge in [0.15, 0.2) is 0 Å². The number of amides is 1. The van der Waals surface area contributed by atoms with Crippen molar-refractivity contribution in [1.29, 1.82) is 0 Å². The number of aryl methyl sites for hydroxylation is 1. The molecule has 116 valence electrons. The molecule has 1 amide bonds. The summed E-state index contributed by atoms with van der Waals surface area (Å²) in [6.07, 6.45) is 8.56. The van der Waals surface area contributed by atoms with Crippen molar-refractivity contribution in [1.82, 2.24) is 9.55 Å². The molecular formula is C17H20ClN3O. The number of aromatic nitrogens is 2. The van der Waals surface area contributed by atoms with Crippen molar-refractivity contribution in [3.05, 3.63) is 47.2 Å². The van der Waals surface area contributed by atoms with E-state index in [0.717, 1.165) is 31.2 Å². The SMILES string of the molecule is Cn1ccnc1NC(=O)C1(c2ccc(Cl)cc2)CCCCC1. The van der Waals surface area contributed by atoms with Crippen LogP contribution in [-0.2, 0) is 17.3 Å². The first kappa shape index (κ1) is 15.1. The summed E-state index contributed by atoms with van der Waals surface area (Å²) in [6.45, 7) is 0. The molecule has 3 rings (SSSR count). The number of rotatable bonds is 3. The summed E-state index contributed by atoms with van der Waals surface area (Å²) >= 11 is 6.00. The highest BCUT2D eigenvalue weighted by Crippen LogP contribution is 2.40. The molecule has 22 heavy (non-hydrogen) atoms. The maximum Gasteiger partial charge on any atom is 0.237 e. The molecule has 1 N–H and O–H groups in total. The zero-order valence-corrected chi connectivity index (χ0v) is 13.4. The third-order valence-corrected chi connectivity index (χ3v) is 4.84. The zero-order chi connectivity index (χ0) is 15.6. The number of benzene rings is 1. The van der Waals surface area contributed by atoms with E-state index >= 15 is 0 Å². The van der Waals surface area contributed by atoms with Crippen LogP contribution < -0.4 is 5.32 Å². The first-order valence-electron chi connectivity index (χ1n) is 7.67. The maximum atomic E-state index is 13.0. The van der Waals surface area contributed by atoms with Gasteiger partial charge in [0.1, 0.15) is 0 Å². The van der Waals surface area contributed by atoms with Crippen LogP contribution in [0.25, 0.3) is 0 Å². The van der Waals surface area contributed by atoms with Gasteiger partial charge in [0.2, 0.25) is 11.9 Å². The van der Waals surface area contributed by atoms with Crippen LogP contribution >= 0.6 is 11.6 Å². The Labute approximate surface area is 135 Å². The Bertz CT molecular complexity index is 657. The molecule has 0 atom stereocenters. The Balaban J connectivity index is 1.93. The Morgan fingerprint density at radius 1 is 1.23 bits per heavy atom. The molecule has 1 aromatic carbocycles. The lowest BCUT2D eigenvalue weighted by molar-refractivity contribution is -0.122. The fourth-order valence-corrected chi connectivity index (χ4v) is 3.40. The largest absolute Gasteiger partial charge is 0.320 e. The predicted octanol–water partition coefficient (Wildman–Crippen LogP) is 3.91. The second-order valence-electron chi connectivity index (χ2n) is 5.97. The minimum Gasteiger partial charge on any atom is -0.320 e. The highest BCUT2D eigenvalue weighted by molar-refractivity contribution is 6.30. The van der Waals surface area contributed by atoms with E-state index in [9.17, 15) is 4.79 Å². The number of anilines is 1. The summed E-state index contributed by atoms with van der Waals surface area (Å²) in [4.78, 5) is 17.2. The molecule has 1 saturated carbocycles. The lowest BCUT2D eigenvalue weighted by Gasteiger charge is -2.36. The van der Waals surface area contributed by atoms with Gasteiger partial charge in [-0.15, -0.1) is 0 Å².